The average Bonchev–Trinajstić information content (AvgIpc) is 2.78. The van der Waals surface area contributed by atoms with Crippen LogP contribution < -0.4 is 5.32 Å². The highest BCUT2D eigenvalue weighted by Crippen LogP contribution is 2.12. The second kappa shape index (κ2) is 6.47. The highest BCUT2D eigenvalue weighted by atomic mass is 16.4. The fourth-order valence-electron chi connectivity index (χ4n) is 2.27. The number of pyridine rings is 1. The normalized spacial score (nSPS) is 20.1. The minimum atomic E-state index is -0.742. The number of rotatable bonds is 6. The quantitative estimate of drug-likeness (QED) is 0.777. The molecule has 0 bridgehead atoms. The lowest BCUT2D eigenvalue weighted by Gasteiger charge is -2.16. The van der Waals surface area contributed by atoms with Crippen LogP contribution in [0, 0.1) is 0 Å². The zero-order valence-corrected chi connectivity index (χ0v) is 10.4. The molecule has 1 saturated heterocycles. The third-order valence-corrected chi connectivity index (χ3v) is 3.20. The number of carbonyl (C=O) groups is 1. The van der Waals surface area contributed by atoms with Gasteiger partial charge in [0.2, 0.25) is 0 Å². The molecule has 1 aliphatic rings. The van der Waals surface area contributed by atoms with E-state index in [2.05, 4.69) is 15.2 Å². The molecule has 0 aliphatic carbocycles. The maximum Gasteiger partial charge on any atom is 0.304 e. The molecule has 0 saturated carbocycles. The Balaban J connectivity index is 1.70. The lowest BCUT2D eigenvalue weighted by Crippen LogP contribution is -2.33. The maximum absolute atomic E-state index is 10.4. The minimum absolute atomic E-state index is 0.195. The molecule has 0 radical (unpaired) electrons. The lowest BCUT2D eigenvalue weighted by atomic mass is 10.2. The van der Waals surface area contributed by atoms with E-state index in [1.165, 1.54) is 5.56 Å². The second-order valence-corrected chi connectivity index (χ2v) is 4.67. The number of carboxylic acid groups (broad SMARTS) is 1. The molecule has 98 valence electrons. The van der Waals surface area contributed by atoms with Crippen molar-refractivity contribution < 1.29 is 9.90 Å². The van der Waals surface area contributed by atoms with E-state index in [-0.39, 0.29) is 6.42 Å². The van der Waals surface area contributed by atoms with Crippen molar-refractivity contribution in [3.05, 3.63) is 30.1 Å². The Morgan fingerprint density at radius 3 is 3.00 bits per heavy atom. The largest absolute Gasteiger partial charge is 0.481 e. The Hall–Kier alpha value is -1.46. The molecule has 0 amide bonds. The third-order valence-electron chi connectivity index (χ3n) is 3.20. The molecule has 0 spiro atoms. The number of likely N-dealkylation sites (tertiary alicyclic amines) is 1. The molecule has 1 aromatic rings. The van der Waals surface area contributed by atoms with Crippen LogP contribution in [0.4, 0.5) is 0 Å². The number of aromatic nitrogens is 1. The molecular formula is C13H19N3O2. The molecule has 2 heterocycles. The molecule has 5 nitrogen and oxygen atoms in total. The van der Waals surface area contributed by atoms with Gasteiger partial charge in [0.05, 0.1) is 6.42 Å². The van der Waals surface area contributed by atoms with Gasteiger partial charge in [-0.15, -0.1) is 0 Å². The van der Waals surface area contributed by atoms with Gasteiger partial charge in [0.25, 0.3) is 0 Å². The zero-order valence-electron chi connectivity index (χ0n) is 10.4. The van der Waals surface area contributed by atoms with Gasteiger partial charge < -0.3 is 10.4 Å². The smallest absolute Gasteiger partial charge is 0.304 e. The zero-order chi connectivity index (χ0) is 12.8. The third kappa shape index (κ3) is 4.09. The van der Waals surface area contributed by atoms with Crippen molar-refractivity contribution in [2.75, 3.05) is 19.6 Å². The first-order valence-electron chi connectivity index (χ1n) is 6.30. The highest BCUT2D eigenvalue weighted by molar-refractivity contribution is 5.66. The number of nitrogens with one attached hydrogen (secondary N) is 1. The van der Waals surface area contributed by atoms with Gasteiger partial charge in [-0.05, 0) is 24.1 Å². The number of aliphatic carboxylic acids is 1. The van der Waals surface area contributed by atoms with E-state index in [4.69, 9.17) is 5.11 Å². The summed E-state index contributed by atoms with van der Waals surface area (Å²) in [5, 5.41) is 11.9. The summed E-state index contributed by atoms with van der Waals surface area (Å²) in [6.45, 7) is 3.55. The van der Waals surface area contributed by atoms with E-state index in [0.29, 0.717) is 12.6 Å². The van der Waals surface area contributed by atoms with Crippen molar-refractivity contribution >= 4 is 5.97 Å². The standard InChI is InChI=1S/C13H19N3O2/c17-13(18)3-7-15-12-4-8-16(10-12)9-11-1-5-14-6-2-11/h1-2,5-6,12,15H,3-4,7-10H2,(H,17,18). The number of nitrogens with zero attached hydrogens (tertiary/aromatic N) is 2. The Kier molecular flexibility index (Phi) is 4.66. The Morgan fingerprint density at radius 1 is 1.50 bits per heavy atom. The van der Waals surface area contributed by atoms with E-state index in [9.17, 15) is 4.79 Å². The first kappa shape index (κ1) is 13.0. The number of hydrogen-bond donors (Lipinski definition) is 2. The van der Waals surface area contributed by atoms with Gasteiger partial charge in [0.15, 0.2) is 0 Å². The molecule has 1 aliphatic heterocycles. The second-order valence-electron chi connectivity index (χ2n) is 4.67. The molecule has 1 atom stereocenters. The van der Waals surface area contributed by atoms with E-state index < -0.39 is 5.97 Å². The SMILES string of the molecule is O=C(O)CCNC1CCN(Cc2ccncc2)C1. The van der Waals surface area contributed by atoms with Gasteiger partial charge in [-0.3, -0.25) is 14.7 Å². The summed E-state index contributed by atoms with van der Waals surface area (Å²) in [6, 6.07) is 4.49. The van der Waals surface area contributed by atoms with Crippen LogP contribution in [-0.2, 0) is 11.3 Å². The van der Waals surface area contributed by atoms with Crippen molar-refractivity contribution in [3.8, 4) is 0 Å². The fraction of sp³-hybridized carbons (Fsp3) is 0.538. The predicted molar refractivity (Wildman–Crippen MR) is 68.2 cm³/mol. The van der Waals surface area contributed by atoms with Crippen LogP contribution in [-0.4, -0.2) is 46.6 Å². The monoisotopic (exact) mass is 249 g/mol. The van der Waals surface area contributed by atoms with Gasteiger partial charge in [-0.1, -0.05) is 0 Å². The van der Waals surface area contributed by atoms with Crippen LogP contribution in [0.25, 0.3) is 0 Å². The molecule has 1 fully saturated rings. The maximum atomic E-state index is 10.4. The van der Waals surface area contributed by atoms with E-state index in [0.717, 1.165) is 26.1 Å². The summed E-state index contributed by atoms with van der Waals surface area (Å²) in [5.74, 6) is -0.742. The van der Waals surface area contributed by atoms with Crippen molar-refractivity contribution in [2.45, 2.75) is 25.4 Å². The highest BCUT2D eigenvalue weighted by Gasteiger charge is 2.21. The van der Waals surface area contributed by atoms with Crippen LogP contribution in [0.3, 0.4) is 0 Å². The average molecular weight is 249 g/mol. The van der Waals surface area contributed by atoms with Crippen LogP contribution >= 0.6 is 0 Å². The molecule has 1 unspecified atom stereocenters. The topological polar surface area (TPSA) is 65.5 Å². The van der Waals surface area contributed by atoms with Gasteiger partial charge in [0.1, 0.15) is 0 Å². The van der Waals surface area contributed by atoms with E-state index in [1.54, 1.807) is 0 Å². The van der Waals surface area contributed by atoms with Crippen LogP contribution in [0.2, 0.25) is 0 Å². The van der Waals surface area contributed by atoms with Gasteiger partial charge in [-0.2, -0.15) is 0 Å². The minimum Gasteiger partial charge on any atom is -0.481 e. The van der Waals surface area contributed by atoms with Crippen LogP contribution in [0.1, 0.15) is 18.4 Å². The summed E-state index contributed by atoms with van der Waals surface area (Å²) in [4.78, 5) is 16.8. The first-order chi connectivity index (χ1) is 8.74. The summed E-state index contributed by atoms with van der Waals surface area (Å²) in [6.07, 6.45) is 4.91. The van der Waals surface area contributed by atoms with Crippen molar-refractivity contribution in [1.29, 1.82) is 0 Å². The molecule has 0 aromatic carbocycles. The fourth-order valence-corrected chi connectivity index (χ4v) is 2.27. The molecule has 5 heteroatoms. The summed E-state index contributed by atoms with van der Waals surface area (Å²) >= 11 is 0. The van der Waals surface area contributed by atoms with Crippen molar-refractivity contribution in [2.24, 2.45) is 0 Å². The molecular weight excluding hydrogens is 230 g/mol. The predicted octanol–water partition coefficient (Wildman–Crippen LogP) is 0.720. The summed E-state index contributed by atoms with van der Waals surface area (Å²) < 4.78 is 0. The Bertz CT molecular complexity index is 383. The Morgan fingerprint density at radius 2 is 2.28 bits per heavy atom. The molecule has 2 rings (SSSR count). The van der Waals surface area contributed by atoms with Crippen LogP contribution in [0.15, 0.2) is 24.5 Å². The number of hydrogen-bond acceptors (Lipinski definition) is 4. The first-order valence-corrected chi connectivity index (χ1v) is 6.30. The molecule has 1 aromatic heterocycles. The van der Waals surface area contributed by atoms with Gasteiger partial charge in [-0.25, -0.2) is 0 Å². The van der Waals surface area contributed by atoms with E-state index in [1.807, 2.05) is 24.5 Å². The summed E-state index contributed by atoms with van der Waals surface area (Å²) in [5.41, 5.74) is 1.27. The summed E-state index contributed by atoms with van der Waals surface area (Å²) in [7, 11) is 0. The van der Waals surface area contributed by atoms with Gasteiger partial charge in [0, 0.05) is 44.6 Å². The lowest BCUT2D eigenvalue weighted by molar-refractivity contribution is -0.136. The van der Waals surface area contributed by atoms with E-state index >= 15 is 0 Å². The molecule has 18 heavy (non-hydrogen) atoms. The van der Waals surface area contributed by atoms with Crippen molar-refractivity contribution in [1.82, 2.24) is 15.2 Å². The van der Waals surface area contributed by atoms with Gasteiger partial charge >= 0.3 is 5.97 Å². The molecule has 2 N–H and O–H groups in total. The Labute approximate surface area is 107 Å². The number of carboxylic acids is 1. The van der Waals surface area contributed by atoms with Crippen LogP contribution in [0.5, 0.6) is 0 Å². The van der Waals surface area contributed by atoms with Crippen molar-refractivity contribution in [3.63, 3.8) is 0 Å².